The first-order valence-corrected chi connectivity index (χ1v) is 9.24. The van der Waals surface area contributed by atoms with Gasteiger partial charge < -0.3 is 4.74 Å². The summed E-state index contributed by atoms with van der Waals surface area (Å²) in [5.41, 5.74) is 0.161. The van der Waals surface area contributed by atoms with Crippen LogP contribution in [0.2, 0.25) is 6.82 Å². The van der Waals surface area contributed by atoms with Gasteiger partial charge in [-0.15, -0.1) is 0 Å². The topological polar surface area (TPSA) is 47.9 Å². The molecule has 0 aliphatic heterocycles. The monoisotopic (exact) mass is 450 g/mol. The van der Waals surface area contributed by atoms with Crippen molar-refractivity contribution in [3.8, 4) is 22.8 Å². The molecule has 2 heterocycles. The van der Waals surface area contributed by atoms with Gasteiger partial charge >= 0.3 is 12.4 Å². The maximum absolute atomic E-state index is 12.7. The van der Waals surface area contributed by atoms with Crippen LogP contribution in [0.25, 0.3) is 11.1 Å². The molecule has 0 aliphatic carbocycles. The van der Waals surface area contributed by atoms with Crippen LogP contribution in [0.4, 0.5) is 26.3 Å². The van der Waals surface area contributed by atoms with E-state index < -0.39 is 17.9 Å². The highest BCUT2D eigenvalue weighted by Gasteiger charge is 2.30. The summed E-state index contributed by atoms with van der Waals surface area (Å²) in [7, 11) is 1.34. The predicted molar refractivity (Wildman–Crippen MR) is 106 cm³/mol. The molecule has 1 aromatic carbocycles. The van der Waals surface area contributed by atoms with Gasteiger partial charge in [0, 0.05) is 42.2 Å². The summed E-state index contributed by atoms with van der Waals surface area (Å²) in [5.74, 6) is 0.454. The van der Waals surface area contributed by atoms with Crippen LogP contribution in [0.5, 0.6) is 11.6 Å². The van der Waals surface area contributed by atoms with Gasteiger partial charge in [0.1, 0.15) is 18.9 Å². The van der Waals surface area contributed by atoms with Crippen molar-refractivity contribution in [3.05, 3.63) is 77.9 Å². The number of hydrogen-bond acceptors (Lipinski definition) is 4. The van der Waals surface area contributed by atoms with Crippen LogP contribution in [0.3, 0.4) is 0 Å². The van der Waals surface area contributed by atoms with Crippen molar-refractivity contribution in [2.24, 2.45) is 0 Å². The van der Waals surface area contributed by atoms with Crippen molar-refractivity contribution in [3.63, 3.8) is 0 Å². The van der Waals surface area contributed by atoms with Crippen LogP contribution >= 0.6 is 0 Å². The third-order valence-corrected chi connectivity index (χ3v) is 4.27. The maximum Gasteiger partial charge on any atom is 0.416 e. The highest BCUT2D eigenvalue weighted by molar-refractivity contribution is 6.43. The Balaban J connectivity index is 1.80. The number of ether oxygens (including phenoxy) is 1. The van der Waals surface area contributed by atoms with Crippen LogP contribution in [-0.2, 0) is 12.6 Å². The quantitative estimate of drug-likeness (QED) is 0.337. The zero-order valence-electron chi connectivity index (χ0n) is 16.6. The average molecular weight is 450 g/mol. The molecule has 3 aromatic rings. The van der Waals surface area contributed by atoms with Gasteiger partial charge in [-0.05, 0) is 36.4 Å². The number of rotatable bonds is 6. The molecule has 1 radical (unpaired) electrons. The molecule has 0 unspecified atom stereocenters. The molecule has 0 atom stereocenters. The molecule has 2 aromatic heterocycles. The second-order valence-electron chi connectivity index (χ2n) is 6.59. The summed E-state index contributed by atoms with van der Waals surface area (Å²) in [4.78, 5) is 12.3. The molecular weight excluding hydrogens is 435 g/mol. The van der Waals surface area contributed by atoms with Crippen LogP contribution in [-0.4, -0.2) is 28.4 Å². The zero-order chi connectivity index (χ0) is 23.4. The first-order chi connectivity index (χ1) is 15.0. The number of allylic oxidation sites excluding steroid dienone is 2. The number of alkyl halides is 6. The van der Waals surface area contributed by atoms with Crippen LogP contribution in [0.15, 0.2) is 66.5 Å². The fourth-order valence-corrected chi connectivity index (χ4v) is 2.73. The minimum absolute atomic E-state index is 0.0259. The van der Waals surface area contributed by atoms with E-state index in [-0.39, 0.29) is 35.4 Å². The van der Waals surface area contributed by atoms with E-state index in [0.717, 1.165) is 12.1 Å². The Morgan fingerprint density at radius 1 is 0.969 bits per heavy atom. The van der Waals surface area contributed by atoms with Crippen LogP contribution < -0.4 is 4.74 Å². The number of benzene rings is 1. The van der Waals surface area contributed by atoms with Gasteiger partial charge in [0.15, 0.2) is 0 Å². The smallest absolute Gasteiger partial charge is 0.416 e. The minimum Gasteiger partial charge on any atom is -0.438 e. The number of aromatic nitrogens is 3. The molecule has 0 amide bonds. The fourth-order valence-electron chi connectivity index (χ4n) is 2.73. The lowest BCUT2D eigenvalue weighted by Crippen LogP contribution is -2.09. The molecule has 32 heavy (non-hydrogen) atoms. The Bertz CT molecular complexity index is 1080. The van der Waals surface area contributed by atoms with Gasteiger partial charge in [0.2, 0.25) is 5.88 Å². The molecule has 0 bridgehead atoms. The van der Waals surface area contributed by atoms with Gasteiger partial charge in [-0.3, -0.25) is 0 Å². The minimum atomic E-state index is -4.46. The summed E-state index contributed by atoms with van der Waals surface area (Å²) < 4.78 is 81.5. The zero-order valence-corrected chi connectivity index (χ0v) is 16.6. The fraction of sp³-hybridized carbons (Fsp3) is 0.190. The van der Waals surface area contributed by atoms with E-state index in [9.17, 15) is 26.3 Å². The van der Waals surface area contributed by atoms with Gasteiger partial charge in [0.25, 0.3) is 0 Å². The van der Waals surface area contributed by atoms with E-state index in [0.29, 0.717) is 11.1 Å². The molecule has 0 saturated carbocycles. The summed E-state index contributed by atoms with van der Waals surface area (Å²) in [6.07, 6.45) is -4.52. The number of nitrogens with zero attached hydrogens (tertiary/aromatic N) is 3. The Morgan fingerprint density at radius 2 is 1.62 bits per heavy atom. The summed E-state index contributed by atoms with van der Waals surface area (Å²) in [5, 5.41) is 0. The second-order valence-corrected chi connectivity index (χ2v) is 6.59. The first kappa shape index (κ1) is 23.3. The molecule has 0 saturated heterocycles. The molecule has 0 aliphatic rings. The predicted octanol–water partition coefficient (Wildman–Crippen LogP) is 6.09. The Labute approximate surface area is 180 Å². The van der Waals surface area contributed by atoms with Crippen LogP contribution in [0.1, 0.15) is 11.4 Å². The van der Waals surface area contributed by atoms with Gasteiger partial charge in [-0.25, -0.2) is 15.0 Å². The number of halogens is 6. The normalized spacial score (nSPS) is 12.5. The summed E-state index contributed by atoms with van der Waals surface area (Å²) in [6.45, 7) is 1.49. The number of hydrogen-bond donors (Lipinski definition) is 0. The third-order valence-electron chi connectivity index (χ3n) is 4.27. The average Bonchev–Trinajstić information content (AvgIpc) is 2.73. The molecular formula is C21H15BF6N3O. The van der Waals surface area contributed by atoms with Crippen molar-refractivity contribution >= 4 is 7.28 Å². The van der Waals surface area contributed by atoms with E-state index in [1.165, 1.54) is 44.8 Å². The molecule has 11 heteroatoms. The highest BCUT2D eigenvalue weighted by atomic mass is 19.4. The van der Waals surface area contributed by atoms with E-state index in [1.807, 2.05) is 0 Å². The van der Waals surface area contributed by atoms with Gasteiger partial charge in [0.05, 0.1) is 5.56 Å². The largest absolute Gasteiger partial charge is 0.438 e. The molecule has 165 valence electrons. The Hall–Kier alpha value is -3.37. The van der Waals surface area contributed by atoms with Crippen molar-refractivity contribution in [2.75, 3.05) is 0 Å². The lowest BCUT2D eigenvalue weighted by atomic mass is 9.70. The molecule has 0 spiro atoms. The SMILES string of the molecule is C[B]C(=CC(F)(F)F)Cc1ncc(-c2cccnc2Oc2ccc(C(F)(F)F)cc2)cn1. The molecule has 4 nitrogen and oxygen atoms in total. The molecule has 0 N–H and O–H groups in total. The van der Waals surface area contributed by atoms with Crippen LogP contribution in [0, 0.1) is 0 Å². The second kappa shape index (κ2) is 9.41. The summed E-state index contributed by atoms with van der Waals surface area (Å²) >= 11 is 0. The van der Waals surface area contributed by atoms with Gasteiger partial charge in [-0.2, -0.15) is 26.3 Å². The third kappa shape index (κ3) is 6.32. The van der Waals surface area contributed by atoms with Crippen molar-refractivity contribution in [1.82, 2.24) is 15.0 Å². The van der Waals surface area contributed by atoms with Gasteiger partial charge in [-0.1, -0.05) is 12.3 Å². The van der Waals surface area contributed by atoms with E-state index in [2.05, 4.69) is 15.0 Å². The lowest BCUT2D eigenvalue weighted by Gasteiger charge is -2.11. The van der Waals surface area contributed by atoms with E-state index >= 15 is 0 Å². The number of pyridine rings is 1. The lowest BCUT2D eigenvalue weighted by molar-refractivity contribution is -0.137. The highest BCUT2D eigenvalue weighted by Crippen LogP contribution is 2.33. The first-order valence-electron chi connectivity index (χ1n) is 9.24. The van der Waals surface area contributed by atoms with Crippen molar-refractivity contribution < 1.29 is 31.1 Å². The van der Waals surface area contributed by atoms with Crippen molar-refractivity contribution in [1.29, 1.82) is 0 Å². The standard InChI is InChI=1S/C21H15BF6N3O/c1-22-15(10-20(23,24)25)9-18-30-11-13(12-31-18)17-3-2-8-29-19(17)32-16-6-4-14(5-7-16)21(26,27)28/h2-8,10-12H,9H2,1H3. The Kier molecular flexibility index (Phi) is 6.85. The van der Waals surface area contributed by atoms with E-state index in [4.69, 9.17) is 4.74 Å². The molecule has 3 rings (SSSR count). The maximum atomic E-state index is 12.7. The Morgan fingerprint density at radius 3 is 2.19 bits per heavy atom. The van der Waals surface area contributed by atoms with Crippen molar-refractivity contribution in [2.45, 2.75) is 25.6 Å². The van der Waals surface area contributed by atoms with E-state index in [1.54, 1.807) is 12.1 Å². The summed E-state index contributed by atoms with van der Waals surface area (Å²) in [6, 6.07) is 7.42. The molecule has 0 fully saturated rings.